The molecule has 4 rings (SSSR count). The molecule has 0 amide bonds. The maximum atomic E-state index is 6.08. The highest BCUT2D eigenvalue weighted by atomic mass is 32.1. The van der Waals surface area contributed by atoms with E-state index in [1.165, 1.54) is 5.57 Å². The Labute approximate surface area is 182 Å². The monoisotopic (exact) mass is 422 g/mol. The molecule has 2 aliphatic heterocycles. The summed E-state index contributed by atoms with van der Waals surface area (Å²) in [5.41, 5.74) is 10.5. The Hall–Kier alpha value is -2.90. The van der Waals surface area contributed by atoms with Crippen molar-refractivity contribution in [2.75, 3.05) is 34.4 Å². The van der Waals surface area contributed by atoms with Gasteiger partial charge in [0, 0.05) is 19.0 Å². The number of benzene rings is 2. The van der Waals surface area contributed by atoms with E-state index in [-0.39, 0.29) is 17.1 Å². The number of methoxy groups -OCH3 is 2. The molecule has 2 N–H and O–H groups in total. The minimum atomic E-state index is -0.0366. The summed E-state index contributed by atoms with van der Waals surface area (Å²) in [7, 11) is 5.47. The second-order valence-corrected chi connectivity index (χ2v) is 8.05. The molecule has 0 bridgehead atoms. The molecule has 0 spiro atoms. The van der Waals surface area contributed by atoms with Crippen LogP contribution in [0, 0.1) is 5.92 Å². The highest BCUT2D eigenvalue weighted by Gasteiger charge is 2.43. The average molecular weight is 423 g/mol. The smallest absolute Gasteiger partial charge is 0.187 e. The summed E-state index contributed by atoms with van der Waals surface area (Å²) in [6.07, 6.45) is 2.19. The molecule has 7 heteroatoms. The van der Waals surface area contributed by atoms with Crippen molar-refractivity contribution in [1.82, 2.24) is 9.91 Å². The standard InChI is InChI=1S/C23H26N4O2S/c1-26-13-17(12-15-4-8-18(28-2)9-5-15)21-20(14-26)22(27(25-21)23(24)30)16-6-10-19(29-3)11-7-16/h4-12,20,22H,13-14H2,1-3H3,(H2,24,30)/b17-12-/t20-,22+/m1/s1. The van der Waals surface area contributed by atoms with E-state index in [1.54, 1.807) is 19.2 Å². The zero-order valence-electron chi connectivity index (χ0n) is 17.4. The number of rotatable bonds is 4. The molecular formula is C23H26N4O2S. The molecule has 0 radical (unpaired) electrons. The summed E-state index contributed by atoms with van der Waals surface area (Å²) in [5, 5.41) is 6.96. The van der Waals surface area contributed by atoms with Crippen molar-refractivity contribution >= 4 is 29.1 Å². The van der Waals surface area contributed by atoms with Crippen molar-refractivity contribution < 1.29 is 9.47 Å². The van der Waals surface area contributed by atoms with Gasteiger partial charge in [-0.1, -0.05) is 24.3 Å². The van der Waals surface area contributed by atoms with Gasteiger partial charge < -0.3 is 20.1 Å². The third kappa shape index (κ3) is 3.91. The van der Waals surface area contributed by atoms with Crippen LogP contribution in [0.5, 0.6) is 11.5 Å². The van der Waals surface area contributed by atoms with Gasteiger partial charge in [-0.15, -0.1) is 0 Å². The summed E-state index contributed by atoms with van der Waals surface area (Å²) in [6, 6.07) is 16.1. The lowest BCUT2D eigenvalue weighted by Gasteiger charge is -2.34. The molecule has 1 saturated heterocycles. The largest absolute Gasteiger partial charge is 0.497 e. The number of likely N-dealkylation sites (tertiary alicyclic amines) is 1. The first kappa shape index (κ1) is 20.4. The third-order valence-corrected chi connectivity index (χ3v) is 5.82. The quantitative estimate of drug-likeness (QED) is 0.763. The molecule has 0 aliphatic carbocycles. The molecule has 2 aromatic rings. The molecule has 2 aliphatic rings. The molecule has 0 aromatic heterocycles. The van der Waals surface area contributed by atoms with Gasteiger partial charge >= 0.3 is 0 Å². The van der Waals surface area contributed by atoms with Crippen LogP contribution in [0.3, 0.4) is 0 Å². The van der Waals surface area contributed by atoms with Gasteiger partial charge in [0.05, 0.1) is 26.0 Å². The van der Waals surface area contributed by atoms with Gasteiger partial charge in [0.1, 0.15) is 11.5 Å². The number of hydrogen-bond acceptors (Lipinski definition) is 5. The lowest BCUT2D eigenvalue weighted by atomic mass is 9.83. The molecule has 1 fully saturated rings. The van der Waals surface area contributed by atoms with Crippen LogP contribution in [-0.2, 0) is 0 Å². The first-order chi connectivity index (χ1) is 14.5. The number of hydrazone groups is 1. The van der Waals surface area contributed by atoms with Crippen molar-refractivity contribution in [2.24, 2.45) is 16.8 Å². The summed E-state index contributed by atoms with van der Waals surface area (Å²) < 4.78 is 10.6. The van der Waals surface area contributed by atoms with E-state index in [2.05, 4.69) is 42.3 Å². The highest BCUT2D eigenvalue weighted by Crippen LogP contribution is 2.41. The van der Waals surface area contributed by atoms with E-state index in [9.17, 15) is 0 Å². The van der Waals surface area contributed by atoms with Gasteiger partial charge in [-0.2, -0.15) is 5.10 Å². The third-order valence-electron chi connectivity index (χ3n) is 5.63. The normalized spacial score (nSPS) is 22.6. The first-order valence-corrected chi connectivity index (χ1v) is 10.3. The van der Waals surface area contributed by atoms with E-state index >= 15 is 0 Å². The van der Waals surface area contributed by atoms with Crippen LogP contribution in [0.15, 0.2) is 59.2 Å². The van der Waals surface area contributed by atoms with E-state index in [0.29, 0.717) is 0 Å². The summed E-state index contributed by atoms with van der Waals surface area (Å²) in [5.74, 6) is 1.83. The zero-order chi connectivity index (χ0) is 21.3. The molecule has 6 nitrogen and oxygen atoms in total. The number of fused-ring (bicyclic) bond motifs is 1. The summed E-state index contributed by atoms with van der Waals surface area (Å²) in [6.45, 7) is 1.70. The second-order valence-electron chi connectivity index (χ2n) is 7.63. The van der Waals surface area contributed by atoms with Crippen molar-refractivity contribution in [1.29, 1.82) is 0 Å². The van der Waals surface area contributed by atoms with E-state index in [4.69, 9.17) is 32.5 Å². The van der Waals surface area contributed by atoms with E-state index in [0.717, 1.165) is 41.4 Å². The second kappa shape index (κ2) is 8.45. The van der Waals surface area contributed by atoms with Crippen molar-refractivity contribution in [3.8, 4) is 11.5 Å². The molecule has 30 heavy (non-hydrogen) atoms. The minimum Gasteiger partial charge on any atom is -0.497 e. The van der Waals surface area contributed by atoms with E-state index in [1.807, 2.05) is 24.3 Å². The van der Waals surface area contributed by atoms with Crippen LogP contribution >= 0.6 is 12.2 Å². The van der Waals surface area contributed by atoms with Crippen LogP contribution < -0.4 is 15.2 Å². The number of nitrogens with two attached hydrogens (primary N) is 1. The SMILES string of the molecule is COc1ccc(/C=C2/CN(C)C[C@@H]3C2=NN(C(N)=S)[C@H]3c2ccc(OC)cc2)cc1. The Morgan fingerprint density at radius 2 is 1.67 bits per heavy atom. The van der Waals surface area contributed by atoms with Gasteiger partial charge in [-0.25, -0.2) is 5.01 Å². The fraction of sp³-hybridized carbons (Fsp3) is 0.304. The van der Waals surface area contributed by atoms with Gasteiger partial charge in [0.2, 0.25) is 0 Å². The predicted molar refractivity (Wildman–Crippen MR) is 124 cm³/mol. The van der Waals surface area contributed by atoms with Gasteiger partial charge in [-0.3, -0.25) is 0 Å². The fourth-order valence-electron chi connectivity index (χ4n) is 4.22. The van der Waals surface area contributed by atoms with Gasteiger partial charge in [0.15, 0.2) is 5.11 Å². The predicted octanol–water partition coefficient (Wildman–Crippen LogP) is 3.31. The summed E-state index contributed by atoms with van der Waals surface area (Å²) in [4.78, 5) is 2.32. The van der Waals surface area contributed by atoms with Crippen LogP contribution in [0.1, 0.15) is 17.2 Å². The molecule has 2 heterocycles. The average Bonchev–Trinajstić information content (AvgIpc) is 3.14. The maximum Gasteiger partial charge on any atom is 0.187 e. The van der Waals surface area contributed by atoms with Gasteiger partial charge in [-0.05, 0) is 66.3 Å². The van der Waals surface area contributed by atoms with Crippen molar-refractivity contribution in [3.05, 3.63) is 65.2 Å². The highest BCUT2D eigenvalue weighted by molar-refractivity contribution is 7.80. The Kier molecular flexibility index (Phi) is 5.74. The number of piperidine rings is 1. The van der Waals surface area contributed by atoms with Gasteiger partial charge in [0.25, 0.3) is 0 Å². The van der Waals surface area contributed by atoms with Crippen molar-refractivity contribution in [3.63, 3.8) is 0 Å². The lowest BCUT2D eigenvalue weighted by Crippen LogP contribution is -2.42. The van der Waals surface area contributed by atoms with Crippen molar-refractivity contribution in [2.45, 2.75) is 6.04 Å². The molecule has 0 saturated carbocycles. The molecule has 2 aromatic carbocycles. The Morgan fingerprint density at radius 1 is 1.07 bits per heavy atom. The zero-order valence-corrected chi connectivity index (χ0v) is 18.2. The Bertz CT molecular complexity index is 985. The number of hydrogen-bond donors (Lipinski definition) is 1. The lowest BCUT2D eigenvalue weighted by molar-refractivity contribution is 0.248. The number of nitrogens with zero attached hydrogens (tertiary/aromatic N) is 3. The summed E-state index contributed by atoms with van der Waals surface area (Å²) >= 11 is 5.35. The fourth-order valence-corrected chi connectivity index (χ4v) is 4.37. The topological polar surface area (TPSA) is 63.3 Å². The first-order valence-electron chi connectivity index (χ1n) is 9.85. The van der Waals surface area contributed by atoms with Crippen LogP contribution in [0.2, 0.25) is 0 Å². The molecular weight excluding hydrogens is 396 g/mol. The Balaban J connectivity index is 1.71. The molecule has 156 valence electrons. The van der Waals surface area contributed by atoms with E-state index < -0.39 is 0 Å². The Morgan fingerprint density at radius 3 is 2.23 bits per heavy atom. The molecule has 0 unspecified atom stereocenters. The maximum absolute atomic E-state index is 6.08. The van der Waals surface area contributed by atoms with Crippen LogP contribution in [0.4, 0.5) is 0 Å². The van der Waals surface area contributed by atoms with Crippen LogP contribution in [0.25, 0.3) is 6.08 Å². The number of thiocarbonyl (C=S) groups is 1. The number of likely N-dealkylation sites (N-methyl/N-ethyl adjacent to an activating group) is 1. The number of ether oxygens (including phenoxy) is 2. The molecule has 2 atom stereocenters. The minimum absolute atomic E-state index is 0.0366. The van der Waals surface area contributed by atoms with Crippen LogP contribution in [-0.4, -0.2) is 55.1 Å².